The first-order valence-corrected chi connectivity index (χ1v) is 8.51. The molecule has 2 saturated heterocycles. The Morgan fingerprint density at radius 3 is 2.42 bits per heavy atom. The summed E-state index contributed by atoms with van der Waals surface area (Å²) >= 11 is 0. The first kappa shape index (κ1) is 18.5. The number of carbonyl (C=O) groups is 3. The Morgan fingerprint density at radius 1 is 1.31 bits per heavy atom. The molecule has 5 atom stereocenters. The Hall–Kier alpha value is -2.32. The summed E-state index contributed by atoms with van der Waals surface area (Å²) in [5, 5.41) is 23.1. The molecule has 1 aromatic rings. The van der Waals surface area contributed by atoms with Gasteiger partial charge in [-0.1, -0.05) is 6.07 Å². The van der Waals surface area contributed by atoms with Crippen molar-refractivity contribution in [1.82, 2.24) is 15.2 Å². The summed E-state index contributed by atoms with van der Waals surface area (Å²) in [6, 6.07) is 4.32. The zero-order chi connectivity index (χ0) is 19.4. The smallest absolute Gasteiger partial charge is 0.327 e. The van der Waals surface area contributed by atoms with Gasteiger partial charge in [0.05, 0.1) is 29.7 Å². The first-order chi connectivity index (χ1) is 12.0. The highest BCUT2D eigenvalue weighted by Crippen LogP contribution is 2.51. The fraction of sp³-hybridized carbons (Fsp3) is 0.556. The predicted molar refractivity (Wildman–Crippen MR) is 90.7 cm³/mol. The number of likely N-dealkylation sites (tertiary alicyclic amines) is 1. The maximum atomic E-state index is 13.1. The quantitative estimate of drug-likeness (QED) is 0.664. The van der Waals surface area contributed by atoms with Crippen LogP contribution in [0.5, 0.6) is 0 Å². The van der Waals surface area contributed by atoms with Crippen LogP contribution in [0, 0.1) is 11.8 Å². The topological polar surface area (TPSA) is 120 Å². The minimum absolute atomic E-state index is 0.445. The number of amides is 2. The fourth-order valence-electron chi connectivity index (χ4n) is 4.18. The lowest BCUT2D eigenvalue weighted by atomic mass is 9.77. The van der Waals surface area contributed by atoms with E-state index in [1.165, 1.54) is 13.1 Å². The number of carboxylic acid groups (broad SMARTS) is 1. The standard InChI is InChI=1S/C18H23N3O5/c1-9(22)18(16(25)26)12-11(13(20-18)10-7-5-6-8-19-10)14(23)21(15(12)24)17(2,3)4/h5-9,11-13,20,22H,1-4H3,(H,25,26). The second-order valence-corrected chi connectivity index (χ2v) is 7.91. The summed E-state index contributed by atoms with van der Waals surface area (Å²) < 4.78 is 0. The average Bonchev–Trinajstić information content (AvgIpc) is 3.03. The van der Waals surface area contributed by atoms with E-state index < -0.39 is 52.8 Å². The van der Waals surface area contributed by atoms with Crippen molar-refractivity contribution in [1.29, 1.82) is 0 Å². The number of nitrogens with one attached hydrogen (secondary N) is 1. The number of rotatable bonds is 3. The number of fused-ring (bicyclic) bond motifs is 1. The number of hydrogen-bond donors (Lipinski definition) is 3. The van der Waals surface area contributed by atoms with Crippen LogP contribution in [0.25, 0.3) is 0 Å². The van der Waals surface area contributed by atoms with Gasteiger partial charge in [-0.3, -0.25) is 29.6 Å². The second kappa shape index (κ2) is 5.85. The molecule has 0 aromatic carbocycles. The summed E-state index contributed by atoms with van der Waals surface area (Å²) in [6.07, 6.45) is 0.149. The molecule has 1 aromatic heterocycles. The molecule has 8 heteroatoms. The molecule has 140 valence electrons. The van der Waals surface area contributed by atoms with Gasteiger partial charge in [-0.25, -0.2) is 0 Å². The Bertz CT molecular complexity index is 758. The molecule has 2 aliphatic rings. The van der Waals surface area contributed by atoms with Crippen molar-refractivity contribution in [3.8, 4) is 0 Å². The number of carboxylic acids is 1. The van der Waals surface area contributed by atoms with Crippen LogP contribution in [0.1, 0.15) is 39.4 Å². The van der Waals surface area contributed by atoms with E-state index >= 15 is 0 Å². The monoisotopic (exact) mass is 361 g/mol. The summed E-state index contributed by atoms with van der Waals surface area (Å²) in [4.78, 5) is 43.8. The van der Waals surface area contributed by atoms with Crippen LogP contribution in [0.15, 0.2) is 24.4 Å². The van der Waals surface area contributed by atoms with Crippen LogP contribution in [-0.2, 0) is 14.4 Å². The average molecular weight is 361 g/mol. The van der Waals surface area contributed by atoms with Gasteiger partial charge >= 0.3 is 5.97 Å². The van der Waals surface area contributed by atoms with Crippen molar-refractivity contribution in [2.75, 3.05) is 0 Å². The number of pyridine rings is 1. The van der Waals surface area contributed by atoms with Crippen LogP contribution in [0.4, 0.5) is 0 Å². The number of carbonyl (C=O) groups excluding carboxylic acids is 2. The van der Waals surface area contributed by atoms with E-state index in [0.717, 1.165) is 4.90 Å². The minimum atomic E-state index is -1.96. The lowest BCUT2D eigenvalue weighted by molar-refractivity contribution is -0.158. The second-order valence-electron chi connectivity index (χ2n) is 7.91. The molecule has 3 N–H and O–H groups in total. The van der Waals surface area contributed by atoms with Gasteiger partial charge in [0.1, 0.15) is 0 Å². The Morgan fingerprint density at radius 2 is 1.96 bits per heavy atom. The van der Waals surface area contributed by atoms with Gasteiger partial charge in [-0.15, -0.1) is 0 Å². The van der Waals surface area contributed by atoms with Crippen molar-refractivity contribution >= 4 is 17.8 Å². The van der Waals surface area contributed by atoms with Crippen molar-refractivity contribution in [3.05, 3.63) is 30.1 Å². The molecular formula is C18H23N3O5. The lowest BCUT2D eigenvalue weighted by Gasteiger charge is -2.36. The van der Waals surface area contributed by atoms with Crippen LogP contribution < -0.4 is 5.32 Å². The van der Waals surface area contributed by atoms with E-state index in [4.69, 9.17) is 0 Å². The molecule has 0 spiro atoms. The Labute approximate surface area is 151 Å². The van der Waals surface area contributed by atoms with Gasteiger partial charge in [0.15, 0.2) is 5.54 Å². The predicted octanol–water partition coefficient (Wildman–Crippen LogP) is 0.330. The van der Waals surface area contributed by atoms with Gasteiger partial charge in [0.25, 0.3) is 0 Å². The number of nitrogens with zero attached hydrogens (tertiary/aromatic N) is 2. The summed E-state index contributed by atoms with van der Waals surface area (Å²) in [7, 11) is 0. The van der Waals surface area contributed by atoms with E-state index in [0.29, 0.717) is 5.69 Å². The molecule has 3 heterocycles. The number of aliphatic hydroxyl groups is 1. The molecule has 5 unspecified atom stereocenters. The largest absolute Gasteiger partial charge is 0.480 e. The molecule has 3 rings (SSSR count). The van der Waals surface area contributed by atoms with E-state index in [-0.39, 0.29) is 0 Å². The maximum Gasteiger partial charge on any atom is 0.327 e. The highest BCUT2D eigenvalue weighted by molar-refractivity contribution is 6.10. The molecule has 2 fully saturated rings. The van der Waals surface area contributed by atoms with Crippen LogP contribution >= 0.6 is 0 Å². The molecule has 0 bridgehead atoms. The molecule has 0 saturated carbocycles. The zero-order valence-electron chi connectivity index (χ0n) is 15.1. The van der Waals surface area contributed by atoms with Crippen molar-refractivity contribution in [2.45, 2.75) is 50.9 Å². The molecule has 0 radical (unpaired) electrons. The summed E-state index contributed by atoms with van der Waals surface area (Å²) in [5.74, 6) is -4.54. The van der Waals surface area contributed by atoms with Gasteiger partial charge in [0, 0.05) is 11.7 Å². The SMILES string of the molecule is CC(O)C1(C(=O)O)NC(c2ccccn2)C2C(=O)N(C(C)(C)C)C(=O)C21. The van der Waals surface area contributed by atoms with Crippen LogP contribution in [0.2, 0.25) is 0 Å². The highest BCUT2D eigenvalue weighted by Gasteiger charge is 2.71. The third-order valence-electron chi connectivity index (χ3n) is 5.29. The Kier molecular flexibility index (Phi) is 4.16. The molecule has 8 nitrogen and oxygen atoms in total. The summed E-state index contributed by atoms with van der Waals surface area (Å²) in [6.45, 7) is 6.48. The third kappa shape index (κ3) is 2.36. The number of aromatic nitrogens is 1. The van der Waals surface area contributed by atoms with E-state index in [2.05, 4.69) is 10.3 Å². The Balaban J connectivity index is 2.20. The highest BCUT2D eigenvalue weighted by atomic mass is 16.4. The van der Waals surface area contributed by atoms with Crippen molar-refractivity contribution in [3.63, 3.8) is 0 Å². The molecule has 2 amide bonds. The lowest BCUT2D eigenvalue weighted by Crippen LogP contribution is -2.63. The van der Waals surface area contributed by atoms with Crippen molar-refractivity contribution in [2.24, 2.45) is 11.8 Å². The number of imide groups is 1. The van der Waals surface area contributed by atoms with Crippen LogP contribution in [0.3, 0.4) is 0 Å². The molecule has 0 aliphatic carbocycles. The van der Waals surface area contributed by atoms with Crippen LogP contribution in [-0.4, -0.2) is 55.1 Å². The van der Waals surface area contributed by atoms with Crippen molar-refractivity contribution < 1.29 is 24.6 Å². The number of aliphatic carboxylic acids is 1. The van der Waals surface area contributed by atoms with Gasteiger partial charge < -0.3 is 10.2 Å². The number of hydrogen-bond acceptors (Lipinski definition) is 6. The fourth-order valence-corrected chi connectivity index (χ4v) is 4.18. The van der Waals surface area contributed by atoms with Gasteiger partial charge in [-0.05, 0) is 39.8 Å². The third-order valence-corrected chi connectivity index (χ3v) is 5.29. The maximum absolute atomic E-state index is 13.1. The first-order valence-electron chi connectivity index (χ1n) is 8.51. The van der Waals surface area contributed by atoms with E-state index in [1.54, 1.807) is 39.0 Å². The van der Waals surface area contributed by atoms with E-state index in [9.17, 15) is 24.6 Å². The molecule has 26 heavy (non-hydrogen) atoms. The number of aliphatic hydroxyl groups excluding tert-OH is 1. The molecule has 2 aliphatic heterocycles. The van der Waals surface area contributed by atoms with E-state index in [1.807, 2.05) is 0 Å². The van der Waals surface area contributed by atoms with Gasteiger partial charge in [0.2, 0.25) is 11.8 Å². The minimum Gasteiger partial charge on any atom is -0.480 e. The van der Waals surface area contributed by atoms with Gasteiger partial charge in [-0.2, -0.15) is 0 Å². The summed E-state index contributed by atoms with van der Waals surface area (Å²) in [5.41, 5.74) is -2.29. The normalized spacial score (nSPS) is 32.7. The molecular weight excluding hydrogens is 338 g/mol. The zero-order valence-corrected chi connectivity index (χ0v) is 15.1.